The number of aromatic nitrogens is 4. The molecule has 0 unspecified atom stereocenters. The predicted molar refractivity (Wildman–Crippen MR) is 139 cm³/mol. The average Bonchev–Trinajstić information content (AvgIpc) is 3.39. The van der Waals surface area contributed by atoms with E-state index in [-0.39, 0.29) is 5.56 Å². The summed E-state index contributed by atoms with van der Waals surface area (Å²) in [6.07, 6.45) is 0. The van der Waals surface area contributed by atoms with Crippen molar-refractivity contribution in [1.82, 2.24) is 19.7 Å². The molecule has 5 rings (SSSR count). The van der Waals surface area contributed by atoms with Gasteiger partial charge in [-0.25, -0.2) is 4.98 Å². The van der Waals surface area contributed by atoms with Gasteiger partial charge in [0.2, 0.25) is 11.7 Å². The van der Waals surface area contributed by atoms with Crippen molar-refractivity contribution >= 4 is 34.3 Å². The zero-order valence-electron chi connectivity index (χ0n) is 19.5. The minimum Gasteiger partial charge on any atom is -0.493 e. The van der Waals surface area contributed by atoms with E-state index in [0.717, 1.165) is 5.56 Å². The first-order valence-electron chi connectivity index (χ1n) is 11.0. The molecule has 0 radical (unpaired) electrons. The normalized spacial score (nSPS) is 11.1. The maximum absolute atomic E-state index is 13.4. The lowest BCUT2D eigenvalue weighted by molar-refractivity contribution is 0.355. The lowest BCUT2D eigenvalue weighted by atomic mass is 10.2. The second kappa shape index (κ2) is 10.4. The van der Waals surface area contributed by atoms with Crippen LogP contribution in [0.15, 0.2) is 81.2 Å². The summed E-state index contributed by atoms with van der Waals surface area (Å²) in [6.45, 7) is 0.353. The number of rotatable bonds is 8. The van der Waals surface area contributed by atoms with Gasteiger partial charge in [0.05, 0.1) is 43.0 Å². The van der Waals surface area contributed by atoms with Crippen LogP contribution in [0.4, 0.5) is 0 Å². The van der Waals surface area contributed by atoms with Crippen LogP contribution in [-0.2, 0) is 12.3 Å². The molecule has 0 fully saturated rings. The van der Waals surface area contributed by atoms with Crippen molar-refractivity contribution in [3.63, 3.8) is 0 Å². The Labute approximate surface area is 215 Å². The first-order valence-corrected chi connectivity index (χ1v) is 12.3. The van der Waals surface area contributed by atoms with Gasteiger partial charge < -0.3 is 14.0 Å². The van der Waals surface area contributed by atoms with Crippen molar-refractivity contribution in [1.29, 1.82) is 0 Å². The molecule has 0 N–H and O–H groups in total. The number of halogens is 1. The molecule has 0 saturated carbocycles. The molecule has 10 heteroatoms. The summed E-state index contributed by atoms with van der Waals surface area (Å²) >= 11 is 7.38. The van der Waals surface area contributed by atoms with Crippen molar-refractivity contribution in [2.75, 3.05) is 14.2 Å². The van der Waals surface area contributed by atoms with Crippen LogP contribution in [0.25, 0.3) is 22.3 Å². The van der Waals surface area contributed by atoms with Crippen molar-refractivity contribution in [3.05, 3.63) is 93.6 Å². The molecule has 2 aromatic heterocycles. The zero-order chi connectivity index (χ0) is 25.1. The van der Waals surface area contributed by atoms with E-state index in [2.05, 4.69) is 10.1 Å². The average molecular weight is 521 g/mol. The van der Waals surface area contributed by atoms with Gasteiger partial charge in [0.25, 0.3) is 5.56 Å². The van der Waals surface area contributed by atoms with E-state index >= 15 is 0 Å². The molecule has 0 aliphatic heterocycles. The van der Waals surface area contributed by atoms with E-state index in [0.29, 0.717) is 62.2 Å². The Morgan fingerprint density at radius 1 is 0.972 bits per heavy atom. The highest BCUT2D eigenvalue weighted by Gasteiger charge is 2.18. The number of nitrogens with zero attached hydrogens (tertiary/aromatic N) is 4. The van der Waals surface area contributed by atoms with E-state index in [1.807, 2.05) is 42.5 Å². The fourth-order valence-electron chi connectivity index (χ4n) is 3.78. The Balaban J connectivity index is 1.46. The van der Waals surface area contributed by atoms with Crippen LogP contribution in [0.2, 0.25) is 5.02 Å². The lowest BCUT2D eigenvalue weighted by Crippen LogP contribution is -2.24. The second-order valence-corrected chi connectivity index (χ2v) is 9.15. The Bertz CT molecular complexity index is 1580. The number of thioether (sulfide) groups is 1. The summed E-state index contributed by atoms with van der Waals surface area (Å²) in [7, 11) is 3.13. The molecule has 0 amide bonds. The van der Waals surface area contributed by atoms with E-state index in [1.165, 1.54) is 11.8 Å². The van der Waals surface area contributed by atoms with Gasteiger partial charge in [0.1, 0.15) is 0 Å². The molecule has 36 heavy (non-hydrogen) atoms. The molecule has 0 spiro atoms. The number of hydrogen-bond acceptors (Lipinski definition) is 8. The summed E-state index contributed by atoms with van der Waals surface area (Å²) in [6, 6.07) is 20.1. The fourth-order valence-corrected chi connectivity index (χ4v) is 4.74. The highest BCUT2D eigenvalue weighted by molar-refractivity contribution is 7.98. The van der Waals surface area contributed by atoms with Gasteiger partial charge in [0, 0.05) is 5.02 Å². The standard InChI is InChI=1S/C26H21ClN4O4S/c1-33-21-9-5-7-19(23(21)34-2)24-29-22(35-30-24)15-36-26-28-20-8-4-3-6-18(20)25(32)31(26)14-16-10-12-17(27)13-11-16/h3-13H,14-15H2,1-2H3. The Morgan fingerprint density at radius 2 is 1.78 bits per heavy atom. The maximum atomic E-state index is 13.4. The molecule has 8 nitrogen and oxygen atoms in total. The number of fused-ring (bicyclic) bond motifs is 1. The summed E-state index contributed by atoms with van der Waals surface area (Å²) in [5.41, 5.74) is 2.10. The highest BCUT2D eigenvalue weighted by atomic mass is 35.5. The molecule has 0 aliphatic carbocycles. The minimum absolute atomic E-state index is 0.120. The smallest absolute Gasteiger partial charge is 0.262 e. The Morgan fingerprint density at radius 3 is 2.56 bits per heavy atom. The molecule has 182 valence electrons. The Hall–Kier alpha value is -3.82. The van der Waals surface area contributed by atoms with Gasteiger partial charge in [-0.05, 0) is 42.0 Å². The van der Waals surface area contributed by atoms with Crippen LogP contribution < -0.4 is 15.0 Å². The molecule has 0 aliphatic rings. The van der Waals surface area contributed by atoms with E-state index in [4.69, 9.17) is 30.6 Å². The van der Waals surface area contributed by atoms with Crippen molar-refractivity contribution in [2.24, 2.45) is 0 Å². The van der Waals surface area contributed by atoms with Gasteiger partial charge in [-0.3, -0.25) is 9.36 Å². The lowest BCUT2D eigenvalue weighted by Gasteiger charge is -2.13. The number of hydrogen-bond donors (Lipinski definition) is 0. The number of ether oxygens (including phenoxy) is 2. The molecule has 0 atom stereocenters. The van der Waals surface area contributed by atoms with Crippen molar-refractivity contribution in [2.45, 2.75) is 17.5 Å². The van der Waals surface area contributed by atoms with E-state index in [9.17, 15) is 4.79 Å². The molecular formula is C26H21ClN4O4S. The van der Waals surface area contributed by atoms with Gasteiger partial charge >= 0.3 is 0 Å². The second-order valence-electron chi connectivity index (χ2n) is 7.77. The van der Waals surface area contributed by atoms with Crippen LogP contribution in [0.5, 0.6) is 11.5 Å². The van der Waals surface area contributed by atoms with Crippen LogP contribution in [-0.4, -0.2) is 33.9 Å². The summed E-state index contributed by atoms with van der Waals surface area (Å²) in [4.78, 5) is 22.6. The van der Waals surface area contributed by atoms with Crippen LogP contribution in [0, 0.1) is 0 Å². The van der Waals surface area contributed by atoms with Crippen LogP contribution in [0.3, 0.4) is 0 Å². The monoisotopic (exact) mass is 520 g/mol. The Kier molecular flexibility index (Phi) is 6.92. The number of para-hydroxylation sites is 2. The predicted octanol–water partition coefficient (Wildman–Crippen LogP) is 5.46. The summed E-state index contributed by atoms with van der Waals surface area (Å²) < 4.78 is 18.0. The van der Waals surface area contributed by atoms with Crippen molar-refractivity contribution in [3.8, 4) is 22.9 Å². The highest BCUT2D eigenvalue weighted by Crippen LogP contribution is 2.36. The first kappa shape index (κ1) is 23.9. The summed E-state index contributed by atoms with van der Waals surface area (Å²) in [5, 5.41) is 5.85. The van der Waals surface area contributed by atoms with E-state index < -0.39 is 0 Å². The number of benzene rings is 3. The molecule has 3 aromatic carbocycles. The SMILES string of the molecule is COc1cccc(-c2noc(CSc3nc4ccccc4c(=O)n3Cc3ccc(Cl)cc3)n2)c1OC. The van der Waals surface area contributed by atoms with Gasteiger partial charge in [-0.1, -0.05) is 58.9 Å². The molecule has 0 saturated heterocycles. The maximum Gasteiger partial charge on any atom is 0.262 e. The third-order valence-corrected chi connectivity index (χ3v) is 6.73. The first-order chi connectivity index (χ1) is 17.6. The molecule has 2 heterocycles. The molecule has 0 bridgehead atoms. The minimum atomic E-state index is -0.120. The third-order valence-electron chi connectivity index (χ3n) is 5.52. The molecular weight excluding hydrogens is 500 g/mol. The van der Waals surface area contributed by atoms with Gasteiger partial charge in [0.15, 0.2) is 16.7 Å². The van der Waals surface area contributed by atoms with Crippen molar-refractivity contribution < 1.29 is 14.0 Å². The summed E-state index contributed by atoms with van der Waals surface area (Å²) in [5.74, 6) is 2.19. The van der Waals surface area contributed by atoms with Gasteiger partial charge in [-0.2, -0.15) is 4.98 Å². The van der Waals surface area contributed by atoms with Gasteiger partial charge in [-0.15, -0.1) is 0 Å². The molecule has 5 aromatic rings. The number of methoxy groups -OCH3 is 2. The van der Waals surface area contributed by atoms with Crippen LogP contribution >= 0.6 is 23.4 Å². The zero-order valence-corrected chi connectivity index (χ0v) is 21.0. The van der Waals surface area contributed by atoms with E-state index in [1.54, 1.807) is 43.1 Å². The third kappa shape index (κ3) is 4.80. The topological polar surface area (TPSA) is 92.3 Å². The fraction of sp³-hybridized carbons (Fsp3) is 0.154. The van der Waals surface area contributed by atoms with Crippen LogP contribution in [0.1, 0.15) is 11.5 Å². The quantitative estimate of drug-likeness (QED) is 0.197. The largest absolute Gasteiger partial charge is 0.493 e.